The van der Waals surface area contributed by atoms with E-state index >= 15 is 0 Å². The van der Waals surface area contributed by atoms with E-state index in [2.05, 4.69) is 5.10 Å². The maximum Gasteiger partial charge on any atom is 0.272 e. The van der Waals surface area contributed by atoms with Crippen molar-refractivity contribution in [2.45, 2.75) is 32.3 Å². The van der Waals surface area contributed by atoms with Crippen LogP contribution in [0.3, 0.4) is 0 Å². The van der Waals surface area contributed by atoms with Crippen LogP contribution in [-0.2, 0) is 18.2 Å². The van der Waals surface area contributed by atoms with Crippen molar-refractivity contribution in [3.8, 4) is 0 Å². The van der Waals surface area contributed by atoms with Gasteiger partial charge in [0.05, 0.1) is 25.0 Å². The average molecular weight is 281 g/mol. The molecular weight excluding hydrogens is 258 g/mol. The van der Waals surface area contributed by atoms with Gasteiger partial charge >= 0.3 is 0 Å². The van der Waals surface area contributed by atoms with Crippen LogP contribution in [-0.4, -0.2) is 58.1 Å². The number of likely N-dealkylation sites (tertiary alicyclic amines) is 1. The molecule has 0 unspecified atom stereocenters. The molecule has 20 heavy (non-hydrogen) atoms. The summed E-state index contributed by atoms with van der Waals surface area (Å²) in [4.78, 5) is 14.3. The smallest absolute Gasteiger partial charge is 0.272 e. The van der Waals surface area contributed by atoms with Gasteiger partial charge < -0.3 is 14.7 Å². The average Bonchev–Trinajstić information content (AvgIpc) is 2.86. The predicted octanol–water partition coefficient (Wildman–Crippen LogP) is 0.596. The summed E-state index contributed by atoms with van der Waals surface area (Å²) in [5.74, 6) is 0.0420. The fourth-order valence-corrected chi connectivity index (χ4v) is 2.51. The number of amides is 1. The first-order chi connectivity index (χ1) is 9.65. The number of aromatic nitrogens is 2. The van der Waals surface area contributed by atoms with E-state index < -0.39 is 0 Å². The molecule has 112 valence electrons. The van der Waals surface area contributed by atoms with Gasteiger partial charge in [-0.1, -0.05) is 6.92 Å². The molecule has 1 aliphatic heterocycles. The van der Waals surface area contributed by atoms with Crippen molar-refractivity contribution in [3.05, 3.63) is 17.5 Å². The van der Waals surface area contributed by atoms with Crippen LogP contribution in [0.2, 0.25) is 0 Å². The molecule has 1 saturated heterocycles. The van der Waals surface area contributed by atoms with Crippen LogP contribution < -0.4 is 0 Å². The number of aryl methyl sites for hydroxylation is 2. The summed E-state index contributed by atoms with van der Waals surface area (Å²) in [6.45, 7) is 3.85. The molecule has 1 N–H and O–H groups in total. The van der Waals surface area contributed by atoms with Gasteiger partial charge in [0.15, 0.2) is 0 Å². The fraction of sp³-hybridized carbons (Fsp3) is 0.714. The fourth-order valence-electron chi connectivity index (χ4n) is 2.51. The molecule has 6 heteroatoms. The number of ether oxygens (including phenoxy) is 1. The molecule has 0 aliphatic carbocycles. The summed E-state index contributed by atoms with van der Waals surface area (Å²) >= 11 is 0. The third kappa shape index (κ3) is 3.37. The van der Waals surface area contributed by atoms with Gasteiger partial charge in [-0.3, -0.25) is 9.48 Å². The van der Waals surface area contributed by atoms with Gasteiger partial charge in [0.25, 0.3) is 5.91 Å². The molecule has 0 radical (unpaired) electrons. The van der Waals surface area contributed by atoms with Crippen molar-refractivity contribution >= 4 is 5.91 Å². The minimum Gasteiger partial charge on any atom is -0.394 e. The Bertz CT molecular complexity index is 451. The molecule has 2 heterocycles. The van der Waals surface area contributed by atoms with Crippen LogP contribution in [0.5, 0.6) is 0 Å². The standard InChI is InChI=1S/C14H23N3O3/c1-3-11-10-13(16(2)15-11)14(19)17-6-4-12(5-7-17)20-9-8-18/h10,12,18H,3-9H2,1-2H3. The third-order valence-electron chi connectivity index (χ3n) is 3.69. The van der Waals surface area contributed by atoms with Gasteiger partial charge in [0.2, 0.25) is 0 Å². The van der Waals surface area contributed by atoms with Gasteiger partial charge in [-0.05, 0) is 25.3 Å². The van der Waals surface area contributed by atoms with Gasteiger partial charge in [-0.15, -0.1) is 0 Å². The molecule has 0 spiro atoms. The Balaban J connectivity index is 1.92. The van der Waals surface area contributed by atoms with E-state index in [1.54, 1.807) is 4.68 Å². The lowest BCUT2D eigenvalue weighted by Crippen LogP contribution is -2.41. The van der Waals surface area contributed by atoms with Crippen molar-refractivity contribution in [2.75, 3.05) is 26.3 Å². The van der Waals surface area contributed by atoms with E-state index in [0.717, 1.165) is 25.0 Å². The highest BCUT2D eigenvalue weighted by Crippen LogP contribution is 2.16. The molecule has 0 saturated carbocycles. The van der Waals surface area contributed by atoms with E-state index in [-0.39, 0.29) is 18.6 Å². The molecule has 0 bridgehead atoms. The van der Waals surface area contributed by atoms with Gasteiger partial charge in [-0.25, -0.2) is 0 Å². The van der Waals surface area contributed by atoms with Crippen LogP contribution in [0, 0.1) is 0 Å². The first-order valence-corrected chi connectivity index (χ1v) is 7.20. The van der Waals surface area contributed by atoms with Crippen molar-refractivity contribution in [1.29, 1.82) is 0 Å². The highest BCUT2D eigenvalue weighted by molar-refractivity contribution is 5.92. The highest BCUT2D eigenvalue weighted by atomic mass is 16.5. The Labute approximate surface area is 119 Å². The first kappa shape index (κ1) is 15.0. The quantitative estimate of drug-likeness (QED) is 0.858. The Morgan fingerprint density at radius 1 is 1.50 bits per heavy atom. The summed E-state index contributed by atoms with van der Waals surface area (Å²) in [6, 6.07) is 1.87. The number of nitrogens with zero attached hydrogens (tertiary/aromatic N) is 3. The normalized spacial score (nSPS) is 16.6. The summed E-state index contributed by atoms with van der Waals surface area (Å²) in [5.41, 5.74) is 1.59. The summed E-state index contributed by atoms with van der Waals surface area (Å²) in [7, 11) is 1.81. The SMILES string of the molecule is CCc1cc(C(=O)N2CCC(OCCO)CC2)n(C)n1. The number of carbonyl (C=O) groups is 1. The second kappa shape index (κ2) is 6.85. The number of hydrogen-bond acceptors (Lipinski definition) is 4. The van der Waals surface area contributed by atoms with Crippen LogP contribution >= 0.6 is 0 Å². The molecule has 1 aliphatic rings. The zero-order chi connectivity index (χ0) is 14.5. The van der Waals surface area contributed by atoms with Crippen molar-refractivity contribution in [2.24, 2.45) is 7.05 Å². The van der Waals surface area contributed by atoms with E-state index in [0.29, 0.717) is 25.4 Å². The minimum absolute atomic E-state index is 0.0420. The highest BCUT2D eigenvalue weighted by Gasteiger charge is 2.25. The predicted molar refractivity (Wildman–Crippen MR) is 74.5 cm³/mol. The number of hydrogen-bond donors (Lipinski definition) is 1. The molecule has 1 fully saturated rings. The van der Waals surface area contributed by atoms with Crippen LogP contribution in [0.4, 0.5) is 0 Å². The van der Waals surface area contributed by atoms with Crippen molar-refractivity contribution < 1.29 is 14.6 Å². The van der Waals surface area contributed by atoms with Crippen LogP contribution in [0.15, 0.2) is 6.07 Å². The molecular formula is C14H23N3O3. The maximum atomic E-state index is 12.5. The number of rotatable bonds is 5. The van der Waals surface area contributed by atoms with E-state index in [4.69, 9.17) is 9.84 Å². The number of aliphatic hydroxyl groups is 1. The summed E-state index contributed by atoms with van der Waals surface area (Å²) < 4.78 is 7.17. The van der Waals surface area contributed by atoms with Crippen molar-refractivity contribution in [1.82, 2.24) is 14.7 Å². The van der Waals surface area contributed by atoms with Crippen LogP contribution in [0.25, 0.3) is 0 Å². The van der Waals surface area contributed by atoms with Crippen molar-refractivity contribution in [3.63, 3.8) is 0 Å². The molecule has 1 amide bonds. The first-order valence-electron chi connectivity index (χ1n) is 7.20. The molecule has 0 atom stereocenters. The van der Waals surface area contributed by atoms with Gasteiger partial charge in [0, 0.05) is 20.1 Å². The second-order valence-corrected chi connectivity index (χ2v) is 5.08. The molecule has 2 rings (SSSR count). The van der Waals surface area contributed by atoms with Gasteiger partial charge in [0.1, 0.15) is 5.69 Å². The number of piperidine rings is 1. The van der Waals surface area contributed by atoms with E-state index in [1.165, 1.54) is 0 Å². The zero-order valence-corrected chi connectivity index (χ0v) is 12.2. The zero-order valence-electron chi connectivity index (χ0n) is 12.2. The molecule has 0 aromatic carbocycles. The van der Waals surface area contributed by atoms with E-state index in [1.807, 2.05) is 24.9 Å². The molecule has 1 aromatic heterocycles. The summed E-state index contributed by atoms with van der Waals surface area (Å²) in [6.07, 6.45) is 2.64. The second-order valence-electron chi connectivity index (χ2n) is 5.08. The number of aliphatic hydroxyl groups excluding tert-OH is 1. The lowest BCUT2D eigenvalue weighted by molar-refractivity contribution is -0.00573. The maximum absolute atomic E-state index is 12.5. The Kier molecular flexibility index (Phi) is 5.14. The monoisotopic (exact) mass is 281 g/mol. The molecule has 1 aromatic rings. The van der Waals surface area contributed by atoms with Crippen LogP contribution in [0.1, 0.15) is 35.9 Å². The molecule has 6 nitrogen and oxygen atoms in total. The third-order valence-corrected chi connectivity index (χ3v) is 3.69. The minimum atomic E-state index is 0.0420. The Hall–Kier alpha value is -1.40. The van der Waals surface area contributed by atoms with Gasteiger partial charge in [-0.2, -0.15) is 5.10 Å². The lowest BCUT2D eigenvalue weighted by atomic mass is 10.1. The Morgan fingerprint density at radius 2 is 2.20 bits per heavy atom. The Morgan fingerprint density at radius 3 is 2.75 bits per heavy atom. The largest absolute Gasteiger partial charge is 0.394 e. The topological polar surface area (TPSA) is 67.6 Å². The van der Waals surface area contributed by atoms with E-state index in [9.17, 15) is 4.79 Å². The lowest BCUT2D eigenvalue weighted by Gasteiger charge is -2.31. The summed E-state index contributed by atoms with van der Waals surface area (Å²) in [5, 5.41) is 13.1. The number of carbonyl (C=O) groups excluding carboxylic acids is 1.